The molecule has 1 aliphatic rings. The van der Waals surface area contributed by atoms with Crippen LogP contribution >= 0.6 is 0 Å². The Balaban J connectivity index is 2.08. The Kier molecular flexibility index (Phi) is 3.84. The van der Waals surface area contributed by atoms with Gasteiger partial charge >= 0.3 is 0 Å². The number of anilines is 1. The van der Waals surface area contributed by atoms with Crippen molar-refractivity contribution in [2.75, 3.05) is 12.3 Å². The molecule has 1 aromatic rings. The van der Waals surface area contributed by atoms with Crippen molar-refractivity contribution in [3.63, 3.8) is 0 Å². The van der Waals surface area contributed by atoms with Crippen molar-refractivity contribution in [1.29, 1.82) is 0 Å². The highest BCUT2D eigenvalue weighted by atomic mass is 32.2. The minimum atomic E-state index is -3.61. The molecular formula is C11H20N4O3S. The molecule has 0 aliphatic heterocycles. The third kappa shape index (κ3) is 2.75. The molecule has 2 rings (SSSR count). The Morgan fingerprint density at radius 2 is 2.16 bits per heavy atom. The second-order valence-electron chi connectivity index (χ2n) is 4.79. The van der Waals surface area contributed by atoms with Crippen molar-refractivity contribution in [2.24, 2.45) is 7.05 Å². The van der Waals surface area contributed by atoms with E-state index >= 15 is 0 Å². The largest absolute Gasteiger partial charge is 0.381 e. The molecule has 1 fully saturated rings. The SMILES string of the molecule is CCOC1CC(NS(=O)(=O)c2c(N)nn(C)c2C)C1. The van der Waals surface area contributed by atoms with Gasteiger partial charge in [-0.1, -0.05) is 0 Å². The summed E-state index contributed by atoms with van der Waals surface area (Å²) in [4.78, 5) is 0.0786. The van der Waals surface area contributed by atoms with Gasteiger partial charge in [-0.25, -0.2) is 13.1 Å². The van der Waals surface area contributed by atoms with Crippen LogP contribution in [-0.2, 0) is 21.8 Å². The smallest absolute Gasteiger partial charge is 0.246 e. The Labute approximate surface area is 113 Å². The first-order chi connectivity index (χ1) is 8.85. The van der Waals surface area contributed by atoms with Crippen LogP contribution in [0.2, 0.25) is 0 Å². The fourth-order valence-electron chi connectivity index (χ4n) is 2.26. The van der Waals surface area contributed by atoms with Crippen LogP contribution in [0, 0.1) is 6.92 Å². The third-order valence-electron chi connectivity index (χ3n) is 3.39. The molecule has 0 saturated heterocycles. The lowest BCUT2D eigenvalue weighted by atomic mass is 9.90. The zero-order chi connectivity index (χ0) is 14.2. The van der Waals surface area contributed by atoms with Crippen LogP contribution in [0.15, 0.2) is 4.90 Å². The number of nitrogens with one attached hydrogen (secondary N) is 1. The number of ether oxygens (including phenoxy) is 1. The van der Waals surface area contributed by atoms with Gasteiger partial charge in [0.2, 0.25) is 10.0 Å². The molecule has 0 aromatic carbocycles. The molecule has 0 atom stereocenters. The second kappa shape index (κ2) is 5.10. The number of hydrogen-bond donors (Lipinski definition) is 2. The Morgan fingerprint density at radius 1 is 1.53 bits per heavy atom. The molecule has 0 radical (unpaired) electrons. The summed E-state index contributed by atoms with van der Waals surface area (Å²) in [6, 6.07) is -0.0828. The van der Waals surface area contributed by atoms with E-state index in [1.165, 1.54) is 4.68 Å². The minimum absolute atomic E-state index is 0.0354. The highest BCUT2D eigenvalue weighted by Gasteiger charge is 2.35. The summed E-state index contributed by atoms with van der Waals surface area (Å²) >= 11 is 0. The lowest BCUT2D eigenvalue weighted by molar-refractivity contribution is -0.00475. The van der Waals surface area contributed by atoms with Gasteiger partial charge in [-0.15, -0.1) is 0 Å². The number of aromatic nitrogens is 2. The zero-order valence-corrected chi connectivity index (χ0v) is 12.2. The van der Waals surface area contributed by atoms with E-state index in [1.54, 1.807) is 14.0 Å². The maximum atomic E-state index is 12.3. The fraction of sp³-hybridized carbons (Fsp3) is 0.727. The van der Waals surface area contributed by atoms with Gasteiger partial charge in [0.1, 0.15) is 4.90 Å². The molecule has 0 spiro atoms. The van der Waals surface area contributed by atoms with Crippen molar-refractivity contribution in [2.45, 2.75) is 43.7 Å². The fourth-order valence-corrected chi connectivity index (χ4v) is 3.84. The second-order valence-corrected chi connectivity index (χ2v) is 6.44. The molecule has 1 saturated carbocycles. The lowest BCUT2D eigenvalue weighted by Crippen LogP contribution is -2.47. The zero-order valence-electron chi connectivity index (χ0n) is 11.4. The summed E-state index contributed by atoms with van der Waals surface area (Å²) in [6.45, 7) is 4.26. The van der Waals surface area contributed by atoms with E-state index in [9.17, 15) is 8.42 Å². The average Bonchev–Trinajstić information content (AvgIpc) is 2.50. The van der Waals surface area contributed by atoms with Crippen LogP contribution in [0.5, 0.6) is 0 Å². The summed E-state index contributed by atoms with van der Waals surface area (Å²) in [5, 5.41) is 3.92. The van der Waals surface area contributed by atoms with Crippen LogP contribution in [0.1, 0.15) is 25.5 Å². The van der Waals surface area contributed by atoms with Gasteiger partial charge in [0.25, 0.3) is 0 Å². The van der Waals surface area contributed by atoms with Crippen LogP contribution in [0.4, 0.5) is 5.82 Å². The summed E-state index contributed by atoms with van der Waals surface area (Å²) in [6.07, 6.45) is 1.56. The number of sulfonamides is 1. The molecule has 1 aromatic heterocycles. The minimum Gasteiger partial charge on any atom is -0.381 e. The van der Waals surface area contributed by atoms with Crippen molar-refractivity contribution in [3.05, 3.63) is 5.69 Å². The van der Waals surface area contributed by atoms with Crippen molar-refractivity contribution < 1.29 is 13.2 Å². The third-order valence-corrected chi connectivity index (χ3v) is 5.08. The molecule has 108 valence electrons. The topological polar surface area (TPSA) is 99.2 Å². The molecule has 7 nitrogen and oxygen atoms in total. The van der Waals surface area contributed by atoms with Crippen molar-refractivity contribution >= 4 is 15.8 Å². The Morgan fingerprint density at radius 3 is 2.63 bits per heavy atom. The van der Waals surface area contributed by atoms with E-state index in [4.69, 9.17) is 10.5 Å². The molecule has 8 heteroatoms. The predicted octanol–water partition coefficient (Wildman–Crippen LogP) is 0.157. The van der Waals surface area contributed by atoms with E-state index in [0.29, 0.717) is 25.1 Å². The maximum absolute atomic E-state index is 12.3. The number of aryl methyl sites for hydroxylation is 1. The van der Waals surface area contributed by atoms with E-state index in [-0.39, 0.29) is 22.9 Å². The number of rotatable bonds is 5. The van der Waals surface area contributed by atoms with E-state index < -0.39 is 10.0 Å². The first-order valence-electron chi connectivity index (χ1n) is 6.28. The van der Waals surface area contributed by atoms with E-state index in [1.807, 2.05) is 6.92 Å². The maximum Gasteiger partial charge on any atom is 0.246 e. The normalized spacial score (nSPS) is 23.3. The van der Waals surface area contributed by atoms with Gasteiger partial charge < -0.3 is 10.5 Å². The quantitative estimate of drug-likeness (QED) is 0.804. The number of nitrogen functional groups attached to an aromatic ring is 1. The summed E-state index contributed by atoms with van der Waals surface area (Å²) < 4.78 is 34.1. The highest BCUT2D eigenvalue weighted by Crippen LogP contribution is 2.27. The van der Waals surface area contributed by atoms with Gasteiger partial charge in [-0.05, 0) is 26.7 Å². The average molecular weight is 288 g/mol. The number of nitrogens with zero attached hydrogens (tertiary/aromatic N) is 2. The Hall–Kier alpha value is -1.12. The van der Waals surface area contributed by atoms with Gasteiger partial charge in [0.15, 0.2) is 5.82 Å². The van der Waals surface area contributed by atoms with Gasteiger partial charge in [0, 0.05) is 19.7 Å². The molecule has 0 amide bonds. The summed E-state index contributed by atoms with van der Waals surface area (Å²) in [5.41, 5.74) is 6.20. The Bertz CT molecular complexity index is 561. The summed E-state index contributed by atoms with van der Waals surface area (Å²) in [5.74, 6) is 0.0354. The number of hydrogen-bond acceptors (Lipinski definition) is 5. The summed E-state index contributed by atoms with van der Waals surface area (Å²) in [7, 11) is -1.95. The van der Waals surface area contributed by atoms with Gasteiger partial charge in [-0.3, -0.25) is 4.68 Å². The van der Waals surface area contributed by atoms with Gasteiger partial charge in [0.05, 0.1) is 11.8 Å². The van der Waals surface area contributed by atoms with Crippen LogP contribution in [0.25, 0.3) is 0 Å². The molecule has 0 bridgehead atoms. The van der Waals surface area contributed by atoms with E-state index in [2.05, 4.69) is 9.82 Å². The van der Waals surface area contributed by atoms with Crippen molar-refractivity contribution in [1.82, 2.24) is 14.5 Å². The molecule has 1 heterocycles. The van der Waals surface area contributed by atoms with Crippen LogP contribution in [-0.4, -0.2) is 37.0 Å². The van der Waals surface area contributed by atoms with E-state index in [0.717, 1.165) is 0 Å². The molecule has 3 N–H and O–H groups in total. The number of nitrogens with two attached hydrogens (primary N) is 1. The molecule has 1 aliphatic carbocycles. The predicted molar refractivity (Wildman–Crippen MR) is 71.1 cm³/mol. The van der Waals surface area contributed by atoms with Crippen LogP contribution in [0.3, 0.4) is 0 Å². The highest BCUT2D eigenvalue weighted by molar-refractivity contribution is 7.89. The van der Waals surface area contributed by atoms with Gasteiger partial charge in [-0.2, -0.15) is 5.10 Å². The molecule has 19 heavy (non-hydrogen) atoms. The van der Waals surface area contributed by atoms with Crippen molar-refractivity contribution in [3.8, 4) is 0 Å². The lowest BCUT2D eigenvalue weighted by Gasteiger charge is -2.35. The first-order valence-corrected chi connectivity index (χ1v) is 7.76. The van der Waals surface area contributed by atoms with Crippen LogP contribution < -0.4 is 10.5 Å². The molecule has 0 unspecified atom stereocenters. The molecular weight excluding hydrogens is 268 g/mol. The monoisotopic (exact) mass is 288 g/mol. The first kappa shape index (κ1) is 14.3. The standard InChI is InChI=1S/C11H20N4O3S/c1-4-18-9-5-8(6-9)14-19(16,17)10-7(2)15(3)13-11(10)12/h8-9,14H,4-6H2,1-3H3,(H2,12,13).